The summed E-state index contributed by atoms with van der Waals surface area (Å²) in [6, 6.07) is 5.10. The second kappa shape index (κ2) is 6.11. The summed E-state index contributed by atoms with van der Waals surface area (Å²) >= 11 is 0. The molecule has 0 spiro atoms. The summed E-state index contributed by atoms with van der Waals surface area (Å²) in [7, 11) is -3.59. The lowest BCUT2D eigenvalue weighted by molar-refractivity contribution is -0.384. The van der Waals surface area contributed by atoms with E-state index in [1.807, 2.05) is 0 Å². The van der Waals surface area contributed by atoms with E-state index in [0.29, 0.717) is 19.0 Å². The Labute approximate surface area is 135 Å². The Hall–Kier alpha value is -1.22. The van der Waals surface area contributed by atoms with Gasteiger partial charge in [-0.25, -0.2) is 8.42 Å². The van der Waals surface area contributed by atoms with Crippen molar-refractivity contribution in [2.45, 2.75) is 23.8 Å². The van der Waals surface area contributed by atoms with Gasteiger partial charge in [0.25, 0.3) is 5.69 Å². The third kappa shape index (κ3) is 2.83. The molecule has 2 aliphatic rings. The predicted molar refractivity (Wildman–Crippen MR) is 83.3 cm³/mol. The minimum Gasteiger partial charge on any atom is -0.327 e. The molecule has 122 valence electrons. The van der Waals surface area contributed by atoms with Gasteiger partial charge in [-0.2, -0.15) is 4.31 Å². The van der Waals surface area contributed by atoms with Crippen molar-refractivity contribution in [3.63, 3.8) is 0 Å². The number of hydrogen-bond acceptors (Lipinski definition) is 5. The lowest BCUT2D eigenvalue weighted by Gasteiger charge is -2.18. The summed E-state index contributed by atoms with van der Waals surface area (Å²) in [5, 5.41) is 10.6. The number of nitro benzene ring substituents is 1. The Morgan fingerprint density at radius 3 is 2.36 bits per heavy atom. The summed E-state index contributed by atoms with van der Waals surface area (Å²) in [5.41, 5.74) is 5.90. The fourth-order valence-electron chi connectivity index (χ4n) is 3.35. The van der Waals surface area contributed by atoms with E-state index in [9.17, 15) is 18.5 Å². The minimum atomic E-state index is -3.59. The average Bonchev–Trinajstić information content (AvgIpc) is 3.02. The highest BCUT2D eigenvalue weighted by molar-refractivity contribution is 7.89. The maximum atomic E-state index is 12.6. The molecule has 0 radical (unpaired) electrons. The fourth-order valence-corrected chi connectivity index (χ4v) is 4.89. The largest absolute Gasteiger partial charge is 0.327 e. The smallest absolute Gasteiger partial charge is 0.269 e. The summed E-state index contributed by atoms with van der Waals surface area (Å²) in [4.78, 5) is 10.2. The van der Waals surface area contributed by atoms with E-state index in [1.54, 1.807) is 0 Å². The number of fused-ring (bicyclic) bond motifs is 1. The molecule has 9 heteroatoms. The van der Waals surface area contributed by atoms with Crippen LogP contribution in [0, 0.1) is 22.0 Å². The summed E-state index contributed by atoms with van der Waals surface area (Å²) in [5.74, 6) is 0.575. The van der Waals surface area contributed by atoms with Gasteiger partial charge in [-0.3, -0.25) is 10.1 Å². The molecule has 3 unspecified atom stereocenters. The molecule has 2 N–H and O–H groups in total. The first-order chi connectivity index (χ1) is 9.89. The van der Waals surface area contributed by atoms with Gasteiger partial charge in [0.05, 0.1) is 9.82 Å². The van der Waals surface area contributed by atoms with Gasteiger partial charge in [-0.15, -0.1) is 12.4 Å². The molecule has 1 aliphatic carbocycles. The van der Waals surface area contributed by atoms with Crippen LogP contribution in [0.15, 0.2) is 29.2 Å². The van der Waals surface area contributed by atoms with E-state index in [4.69, 9.17) is 5.73 Å². The zero-order chi connectivity index (χ0) is 15.2. The number of sulfonamides is 1. The van der Waals surface area contributed by atoms with Crippen LogP contribution in [0.1, 0.15) is 12.8 Å². The molecular formula is C13H18ClN3O4S. The molecular weight excluding hydrogens is 330 g/mol. The van der Waals surface area contributed by atoms with Crippen LogP contribution in [-0.2, 0) is 10.0 Å². The van der Waals surface area contributed by atoms with Crippen LogP contribution in [0.3, 0.4) is 0 Å². The van der Waals surface area contributed by atoms with Crippen molar-refractivity contribution < 1.29 is 13.3 Å². The van der Waals surface area contributed by atoms with Crippen molar-refractivity contribution in [1.29, 1.82) is 0 Å². The first-order valence-corrected chi connectivity index (χ1v) is 8.34. The van der Waals surface area contributed by atoms with Crippen molar-refractivity contribution in [2.75, 3.05) is 13.1 Å². The van der Waals surface area contributed by atoms with Gasteiger partial charge in [0.2, 0.25) is 10.0 Å². The monoisotopic (exact) mass is 347 g/mol. The lowest BCUT2D eigenvalue weighted by Crippen LogP contribution is -2.33. The van der Waals surface area contributed by atoms with Gasteiger partial charge in [0, 0.05) is 31.3 Å². The second-order valence-corrected chi connectivity index (χ2v) is 7.68. The Bertz CT molecular complexity index is 664. The number of non-ortho nitro benzene ring substituents is 1. The van der Waals surface area contributed by atoms with Gasteiger partial charge >= 0.3 is 0 Å². The zero-order valence-corrected chi connectivity index (χ0v) is 13.4. The highest BCUT2D eigenvalue weighted by atomic mass is 35.5. The molecule has 3 atom stereocenters. The van der Waals surface area contributed by atoms with Crippen molar-refractivity contribution in [3.8, 4) is 0 Å². The van der Waals surface area contributed by atoms with E-state index in [2.05, 4.69) is 0 Å². The van der Waals surface area contributed by atoms with E-state index in [1.165, 1.54) is 28.6 Å². The Morgan fingerprint density at radius 2 is 1.82 bits per heavy atom. The number of halogens is 1. The van der Waals surface area contributed by atoms with Gasteiger partial charge in [0.15, 0.2) is 0 Å². The van der Waals surface area contributed by atoms with Crippen LogP contribution in [0.4, 0.5) is 5.69 Å². The second-order valence-electron chi connectivity index (χ2n) is 5.74. The molecule has 1 saturated heterocycles. The van der Waals surface area contributed by atoms with E-state index in [-0.39, 0.29) is 34.9 Å². The summed E-state index contributed by atoms with van der Waals surface area (Å²) in [6.07, 6.45) is 1.93. The number of nitrogens with zero attached hydrogens (tertiary/aromatic N) is 2. The van der Waals surface area contributed by atoms with Crippen LogP contribution >= 0.6 is 12.4 Å². The quantitative estimate of drug-likeness (QED) is 0.656. The van der Waals surface area contributed by atoms with Crippen LogP contribution in [0.2, 0.25) is 0 Å². The molecule has 1 aliphatic heterocycles. The molecule has 0 aromatic heterocycles. The molecule has 1 aromatic rings. The van der Waals surface area contributed by atoms with Crippen LogP contribution in [0.25, 0.3) is 0 Å². The van der Waals surface area contributed by atoms with Crippen LogP contribution in [-0.4, -0.2) is 36.8 Å². The Kier molecular flexibility index (Phi) is 4.76. The Morgan fingerprint density at radius 1 is 1.18 bits per heavy atom. The molecule has 0 amide bonds. The third-order valence-corrected chi connectivity index (χ3v) is 6.41. The molecule has 1 heterocycles. The molecule has 22 heavy (non-hydrogen) atoms. The van der Waals surface area contributed by atoms with Crippen molar-refractivity contribution >= 4 is 28.1 Å². The number of nitrogens with two attached hydrogens (primary N) is 1. The van der Waals surface area contributed by atoms with Crippen molar-refractivity contribution in [3.05, 3.63) is 34.4 Å². The SMILES string of the molecule is Cl.NC1CCC2CN(S(=O)(=O)c3ccc([N+](=O)[O-])cc3)CC12. The Balaban J connectivity index is 0.00000176. The van der Waals surface area contributed by atoms with Crippen molar-refractivity contribution in [2.24, 2.45) is 17.6 Å². The molecule has 3 rings (SSSR count). The molecule has 2 fully saturated rings. The van der Waals surface area contributed by atoms with E-state index < -0.39 is 14.9 Å². The standard InChI is InChI=1S/C13H17N3O4S.ClH/c14-13-6-1-9-7-15(8-12(9)13)21(19,20)11-4-2-10(3-5-11)16(17)18;/h2-5,9,12-13H,1,6-8,14H2;1H. The first-order valence-electron chi connectivity index (χ1n) is 6.90. The van der Waals surface area contributed by atoms with Gasteiger partial charge < -0.3 is 5.73 Å². The summed E-state index contributed by atoms with van der Waals surface area (Å²) < 4.78 is 26.6. The van der Waals surface area contributed by atoms with Gasteiger partial charge in [-0.1, -0.05) is 0 Å². The molecule has 1 saturated carbocycles. The number of nitro groups is 1. The minimum absolute atomic E-state index is 0. The number of benzene rings is 1. The number of hydrogen-bond donors (Lipinski definition) is 1. The average molecular weight is 348 g/mol. The molecule has 7 nitrogen and oxygen atoms in total. The maximum absolute atomic E-state index is 12.6. The van der Waals surface area contributed by atoms with E-state index >= 15 is 0 Å². The third-order valence-electron chi connectivity index (χ3n) is 4.56. The van der Waals surface area contributed by atoms with Crippen LogP contribution in [0.5, 0.6) is 0 Å². The lowest BCUT2D eigenvalue weighted by atomic mass is 9.98. The molecule has 1 aromatic carbocycles. The highest BCUT2D eigenvalue weighted by Crippen LogP contribution is 2.39. The zero-order valence-electron chi connectivity index (χ0n) is 11.8. The van der Waals surface area contributed by atoms with Gasteiger partial charge in [0.1, 0.15) is 0 Å². The highest BCUT2D eigenvalue weighted by Gasteiger charge is 2.45. The summed E-state index contributed by atoms with van der Waals surface area (Å²) in [6.45, 7) is 0.947. The topological polar surface area (TPSA) is 107 Å². The predicted octanol–water partition coefficient (Wildman–Crippen LogP) is 1.37. The van der Waals surface area contributed by atoms with Crippen LogP contribution < -0.4 is 5.73 Å². The fraction of sp³-hybridized carbons (Fsp3) is 0.538. The first kappa shape index (κ1) is 17.1. The number of rotatable bonds is 3. The normalized spacial score (nSPS) is 28.1. The van der Waals surface area contributed by atoms with E-state index in [0.717, 1.165) is 12.8 Å². The van der Waals surface area contributed by atoms with Gasteiger partial charge in [-0.05, 0) is 36.8 Å². The molecule has 0 bridgehead atoms. The van der Waals surface area contributed by atoms with Crippen molar-refractivity contribution in [1.82, 2.24) is 4.31 Å². The maximum Gasteiger partial charge on any atom is 0.269 e.